The fourth-order valence-electron chi connectivity index (χ4n) is 2.16. The Balaban J connectivity index is 1.87. The SMILES string of the molecule is CC(CN1CCOCC1)NC(=O)c1ccc(Br)c(F)c1. The standard InChI is InChI=1S/C14H18BrFN2O2/c1-10(9-18-4-6-20-7-5-18)17-14(19)11-2-3-12(15)13(16)8-11/h2-3,8,10H,4-7,9H2,1H3,(H,17,19). The van der Waals surface area contributed by atoms with Crippen molar-refractivity contribution in [2.24, 2.45) is 0 Å². The maximum atomic E-state index is 13.4. The summed E-state index contributed by atoms with van der Waals surface area (Å²) in [6, 6.07) is 4.38. The third-order valence-electron chi connectivity index (χ3n) is 3.20. The lowest BCUT2D eigenvalue weighted by atomic mass is 10.2. The molecule has 1 unspecified atom stereocenters. The third kappa shape index (κ3) is 4.26. The van der Waals surface area contributed by atoms with E-state index in [4.69, 9.17) is 4.74 Å². The summed E-state index contributed by atoms with van der Waals surface area (Å²) in [5.74, 6) is -0.685. The predicted molar refractivity (Wildman–Crippen MR) is 78.3 cm³/mol. The molecule has 2 rings (SSSR count). The minimum absolute atomic E-state index is 0.00677. The molecule has 1 amide bonds. The van der Waals surface area contributed by atoms with Crippen molar-refractivity contribution < 1.29 is 13.9 Å². The van der Waals surface area contributed by atoms with Gasteiger partial charge in [-0.05, 0) is 41.1 Å². The van der Waals surface area contributed by atoms with Gasteiger partial charge in [-0.1, -0.05) is 0 Å². The maximum absolute atomic E-state index is 13.4. The van der Waals surface area contributed by atoms with E-state index in [-0.39, 0.29) is 11.9 Å². The van der Waals surface area contributed by atoms with Crippen LogP contribution in [0.1, 0.15) is 17.3 Å². The highest BCUT2D eigenvalue weighted by Crippen LogP contribution is 2.16. The van der Waals surface area contributed by atoms with Crippen molar-refractivity contribution in [3.8, 4) is 0 Å². The van der Waals surface area contributed by atoms with Crippen LogP contribution in [0.5, 0.6) is 0 Å². The molecule has 1 N–H and O–H groups in total. The summed E-state index contributed by atoms with van der Waals surface area (Å²) < 4.78 is 19.0. The second-order valence-corrected chi connectivity index (χ2v) is 5.77. The van der Waals surface area contributed by atoms with Gasteiger partial charge >= 0.3 is 0 Å². The average molecular weight is 345 g/mol. The fraction of sp³-hybridized carbons (Fsp3) is 0.500. The molecule has 1 aliphatic heterocycles. The Hall–Kier alpha value is -0.980. The maximum Gasteiger partial charge on any atom is 0.251 e. The van der Waals surface area contributed by atoms with Gasteiger partial charge in [0.2, 0.25) is 0 Å². The lowest BCUT2D eigenvalue weighted by Gasteiger charge is -2.29. The van der Waals surface area contributed by atoms with Crippen molar-refractivity contribution in [3.05, 3.63) is 34.1 Å². The first kappa shape index (κ1) is 15.4. The molecule has 0 bridgehead atoms. The zero-order chi connectivity index (χ0) is 14.5. The van der Waals surface area contributed by atoms with Crippen molar-refractivity contribution in [2.75, 3.05) is 32.8 Å². The first-order valence-electron chi connectivity index (χ1n) is 6.62. The van der Waals surface area contributed by atoms with Gasteiger partial charge in [0.15, 0.2) is 0 Å². The van der Waals surface area contributed by atoms with Crippen molar-refractivity contribution in [3.63, 3.8) is 0 Å². The average Bonchev–Trinajstić information content (AvgIpc) is 2.42. The summed E-state index contributed by atoms with van der Waals surface area (Å²) >= 11 is 3.07. The zero-order valence-electron chi connectivity index (χ0n) is 11.4. The molecule has 1 aromatic rings. The Bertz CT molecular complexity index is 478. The number of hydrogen-bond donors (Lipinski definition) is 1. The van der Waals surface area contributed by atoms with Gasteiger partial charge < -0.3 is 10.1 Å². The quantitative estimate of drug-likeness (QED) is 0.908. The van der Waals surface area contributed by atoms with Crippen LogP contribution < -0.4 is 5.32 Å². The zero-order valence-corrected chi connectivity index (χ0v) is 13.0. The van der Waals surface area contributed by atoms with Gasteiger partial charge in [-0.3, -0.25) is 9.69 Å². The molecule has 20 heavy (non-hydrogen) atoms. The van der Waals surface area contributed by atoms with E-state index in [0.29, 0.717) is 10.0 Å². The van der Waals surface area contributed by atoms with Gasteiger partial charge in [0.05, 0.1) is 17.7 Å². The van der Waals surface area contributed by atoms with Crippen LogP contribution in [0.15, 0.2) is 22.7 Å². The normalized spacial score (nSPS) is 17.8. The van der Waals surface area contributed by atoms with Gasteiger partial charge in [0.25, 0.3) is 5.91 Å². The van der Waals surface area contributed by atoms with Crippen LogP contribution in [-0.4, -0.2) is 49.7 Å². The Kier molecular flexibility index (Phi) is 5.51. The van der Waals surface area contributed by atoms with E-state index in [9.17, 15) is 9.18 Å². The van der Waals surface area contributed by atoms with E-state index in [1.165, 1.54) is 12.1 Å². The first-order chi connectivity index (χ1) is 9.56. The number of rotatable bonds is 4. The van der Waals surface area contributed by atoms with Gasteiger partial charge in [-0.25, -0.2) is 4.39 Å². The molecule has 0 aromatic heterocycles. The van der Waals surface area contributed by atoms with E-state index in [2.05, 4.69) is 26.1 Å². The minimum Gasteiger partial charge on any atom is -0.379 e. The minimum atomic E-state index is -0.432. The monoisotopic (exact) mass is 344 g/mol. The molecule has 0 spiro atoms. The summed E-state index contributed by atoms with van der Waals surface area (Å²) in [5, 5.41) is 2.89. The van der Waals surface area contributed by atoms with Gasteiger partial charge in [-0.15, -0.1) is 0 Å². The van der Waals surface area contributed by atoms with Crippen molar-refractivity contribution >= 4 is 21.8 Å². The number of carbonyl (C=O) groups is 1. The first-order valence-corrected chi connectivity index (χ1v) is 7.41. The summed E-state index contributed by atoms with van der Waals surface area (Å²) in [4.78, 5) is 14.3. The third-order valence-corrected chi connectivity index (χ3v) is 3.84. The molecule has 110 valence electrons. The van der Waals surface area contributed by atoms with Crippen molar-refractivity contribution in [1.82, 2.24) is 10.2 Å². The number of carbonyl (C=O) groups excluding carboxylic acids is 1. The highest BCUT2D eigenvalue weighted by atomic mass is 79.9. The number of morpholine rings is 1. The van der Waals surface area contributed by atoms with Crippen molar-refractivity contribution in [1.29, 1.82) is 0 Å². The van der Waals surface area contributed by atoms with E-state index >= 15 is 0 Å². The number of hydrogen-bond acceptors (Lipinski definition) is 3. The van der Waals surface area contributed by atoms with Crippen LogP contribution in [0.25, 0.3) is 0 Å². The van der Waals surface area contributed by atoms with Gasteiger partial charge in [0, 0.05) is 31.2 Å². The van der Waals surface area contributed by atoms with Crippen LogP contribution in [0.2, 0.25) is 0 Å². The van der Waals surface area contributed by atoms with E-state index in [1.54, 1.807) is 6.07 Å². The summed E-state index contributed by atoms with van der Waals surface area (Å²) in [5.41, 5.74) is 0.333. The summed E-state index contributed by atoms with van der Waals surface area (Å²) in [6.07, 6.45) is 0. The van der Waals surface area contributed by atoms with E-state index < -0.39 is 5.82 Å². The number of amides is 1. The van der Waals surface area contributed by atoms with E-state index in [0.717, 1.165) is 32.8 Å². The predicted octanol–water partition coefficient (Wildman–Crippen LogP) is 2.04. The van der Waals surface area contributed by atoms with Crippen LogP contribution in [0.4, 0.5) is 4.39 Å². The molecule has 0 radical (unpaired) electrons. The van der Waals surface area contributed by atoms with E-state index in [1.807, 2.05) is 6.92 Å². The summed E-state index contributed by atoms with van der Waals surface area (Å²) in [6.45, 7) is 5.95. The lowest BCUT2D eigenvalue weighted by Crippen LogP contribution is -2.46. The Morgan fingerprint density at radius 3 is 2.85 bits per heavy atom. The Morgan fingerprint density at radius 1 is 1.50 bits per heavy atom. The molecule has 1 heterocycles. The van der Waals surface area contributed by atoms with Crippen LogP contribution in [0.3, 0.4) is 0 Å². The molecular weight excluding hydrogens is 327 g/mol. The van der Waals surface area contributed by atoms with Crippen molar-refractivity contribution in [2.45, 2.75) is 13.0 Å². The van der Waals surface area contributed by atoms with Crippen LogP contribution >= 0.6 is 15.9 Å². The molecule has 6 heteroatoms. The Morgan fingerprint density at radius 2 is 2.20 bits per heavy atom. The molecule has 1 aliphatic rings. The number of nitrogens with zero attached hydrogens (tertiary/aromatic N) is 1. The number of nitrogens with one attached hydrogen (secondary N) is 1. The second kappa shape index (κ2) is 7.15. The Labute approximate surface area is 126 Å². The molecule has 0 saturated carbocycles. The lowest BCUT2D eigenvalue weighted by molar-refractivity contribution is 0.0342. The fourth-order valence-corrected chi connectivity index (χ4v) is 2.41. The molecule has 1 saturated heterocycles. The molecular formula is C14H18BrFN2O2. The molecule has 1 atom stereocenters. The van der Waals surface area contributed by atoms with Crippen LogP contribution in [-0.2, 0) is 4.74 Å². The number of ether oxygens (including phenoxy) is 1. The smallest absolute Gasteiger partial charge is 0.251 e. The molecule has 4 nitrogen and oxygen atoms in total. The van der Waals surface area contributed by atoms with Gasteiger partial charge in [-0.2, -0.15) is 0 Å². The van der Waals surface area contributed by atoms with Gasteiger partial charge in [0.1, 0.15) is 5.82 Å². The topological polar surface area (TPSA) is 41.6 Å². The molecule has 1 aromatic carbocycles. The highest BCUT2D eigenvalue weighted by molar-refractivity contribution is 9.10. The highest BCUT2D eigenvalue weighted by Gasteiger charge is 2.16. The number of benzene rings is 1. The van der Waals surface area contributed by atoms with Crippen LogP contribution in [0, 0.1) is 5.82 Å². The number of halogens is 2. The molecule has 0 aliphatic carbocycles. The largest absolute Gasteiger partial charge is 0.379 e. The second-order valence-electron chi connectivity index (χ2n) is 4.92. The molecule has 1 fully saturated rings. The summed E-state index contributed by atoms with van der Waals surface area (Å²) in [7, 11) is 0.